The first kappa shape index (κ1) is 14.3. The molecule has 1 aliphatic heterocycles. The van der Waals surface area contributed by atoms with Gasteiger partial charge in [-0.1, -0.05) is 0 Å². The van der Waals surface area contributed by atoms with Gasteiger partial charge >= 0.3 is 12.0 Å². The molecule has 1 aromatic rings. The van der Waals surface area contributed by atoms with Crippen molar-refractivity contribution in [3.63, 3.8) is 0 Å². The second-order valence-corrected chi connectivity index (χ2v) is 4.63. The number of morpholine rings is 1. The van der Waals surface area contributed by atoms with E-state index in [1.807, 2.05) is 13.2 Å². The van der Waals surface area contributed by atoms with Crippen LogP contribution in [-0.4, -0.2) is 64.1 Å². The van der Waals surface area contributed by atoms with Crippen molar-refractivity contribution < 1.29 is 19.4 Å². The number of nitrogens with one attached hydrogen (secondary N) is 1. The topological polar surface area (TPSA) is 96.7 Å². The van der Waals surface area contributed by atoms with Gasteiger partial charge < -0.3 is 20.1 Å². The highest BCUT2D eigenvalue weighted by Crippen LogP contribution is 2.07. The average molecular weight is 282 g/mol. The van der Waals surface area contributed by atoms with Crippen LogP contribution < -0.4 is 5.32 Å². The third-order valence-electron chi connectivity index (χ3n) is 3.12. The molecule has 0 radical (unpaired) electrons. The number of carboxylic acids is 1. The largest absolute Gasteiger partial charge is 0.480 e. The summed E-state index contributed by atoms with van der Waals surface area (Å²) < 4.78 is 6.78. The van der Waals surface area contributed by atoms with E-state index in [0.717, 1.165) is 5.56 Å². The third-order valence-corrected chi connectivity index (χ3v) is 3.12. The first-order valence-corrected chi connectivity index (χ1v) is 6.40. The zero-order chi connectivity index (χ0) is 14.5. The molecular formula is C12H18N4O4. The molecule has 0 saturated carbocycles. The van der Waals surface area contributed by atoms with E-state index in [1.54, 1.807) is 10.9 Å². The number of aromatic nitrogens is 2. The molecule has 20 heavy (non-hydrogen) atoms. The summed E-state index contributed by atoms with van der Waals surface area (Å²) in [4.78, 5) is 24.3. The predicted octanol–water partition coefficient (Wildman–Crippen LogP) is -0.542. The lowest BCUT2D eigenvalue weighted by atomic mass is 10.2. The number of carbonyl (C=O) groups excluding carboxylic acids is 1. The number of hydrogen-bond acceptors (Lipinski definition) is 4. The lowest BCUT2D eigenvalue weighted by Gasteiger charge is -2.32. The minimum atomic E-state index is -1.05. The quantitative estimate of drug-likeness (QED) is 0.773. The maximum Gasteiger partial charge on any atom is 0.328 e. The van der Waals surface area contributed by atoms with Gasteiger partial charge in [0.25, 0.3) is 0 Å². The summed E-state index contributed by atoms with van der Waals surface area (Å²) in [7, 11) is 1.83. The van der Waals surface area contributed by atoms with Crippen molar-refractivity contribution in [3.8, 4) is 0 Å². The molecule has 1 aromatic heterocycles. The summed E-state index contributed by atoms with van der Waals surface area (Å²) in [6.45, 7) is 1.12. The Morgan fingerprint density at radius 3 is 3.05 bits per heavy atom. The second-order valence-electron chi connectivity index (χ2n) is 4.63. The molecule has 0 bridgehead atoms. The average Bonchev–Trinajstić information content (AvgIpc) is 2.84. The monoisotopic (exact) mass is 282 g/mol. The van der Waals surface area contributed by atoms with Gasteiger partial charge in [0.1, 0.15) is 0 Å². The Bertz CT molecular complexity index is 488. The number of nitrogens with zero attached hydrogens (tertiary/aromatic N) is 3. The number of amides is 2. The van der Waals surface area contributed by atoms with Gasteiger partial charge in [0.15, 0.2) is 6.04 Å². The fraction of sp³-hybridized carbons (Fsp3) is 0.583. The van der Waals surface area contributed by atoms with E-state index in [2.05, 4.69) is 10.4 Å². The van der Waals surface area contributed by atoms with Gasteiger partial charge in [-0.15, -0.1) is 0 Å². The number of rotatable bonds is 4. The van der Waals surface area contributed by atoms with E-state index < -0.39 is 12.0 Å². The van der Waals surface area contributed by atoms with Gasteiger partial charge in [0, 0.05) is 26.3 Å². The first-order valence-electron chi connectivity index (χ1n) is 6.40. The Hall–Kier alpha value is -2.09. The Labute approximate surface area is 116 Å². The van der Waals surface area contributed by atoms with Gasteiger partial charge in [-0.05, 0) is 12.0 Å². The van der Waals surface area contributed by atoms with Gasteiger partial charge in [-0.25, -0.2) is 9.59 Å². The number of hydrogen-bond donors (Lipinski definition) is 2. The third kappa shape index (κ3) is 3.47. The number of urea groups is 1. The normalized spacial score (nSPS) is 18.9. The van der Waals surface area contributed by atoms with Crippen molar-refractivity contribution in [2.45, 2.75) is 12.5 Å². The van der Waals surface area contributed by atoms with E-state index in [4.69, 9.17) is 9.84 Å². The Balaban J connectivity index is 1.82. The van der Waals surface area contributed by atoms with Crippen molar-refractivity contribution >= 4 is 12.0 Å². The molecule has 110 valence electrons. The van der Waals surface area contributed by atoms with E-state index in [-0.39, 0.29) is 19.2 Å². The van der Waals surface area contributed by atoms with Gasteiger partial charge in [-0.2, -0.15) is 5.10 Å². The molecule has 1 unspecified atom stereocenters. The number of carbonyl (C=O) groups is 2. The summed E-state index contributed by atoms with van der Waals surface area (Å²) in [5.74, 6) is -1.05. The van der Waals surface area contributed by atoms with Crippen LogP contribution in [-0.2, 0) is 23.0 Å². The highest BCUT2D eigenvalue weighted by atomic mass is 16.5. The molecule has 1 aliphatic rings. The summed E-state index contributed by atoms with van der Waals surface area (Å²) in [5.41, 5.74) is 1.02. The SMILES string of the molecule is Cn1cc(CCNC(=O)N2CCOCC2C(=O)O)cn1. The molecular weight excluding hydrogens is 264 g/mol. The summed E-state index contributed by atoms with van der Waals surface area (Å²) in [5, 5.41) is 15.8. The van der Waals surface area contributed by atoms with Crippen LogP contribution >= 0.6 is 0 Å². The number of aryl methyl sites for hydroxylation is 1. The fourth-order valence-electron chi connectivity index (χ4n) is 2.07. The van der Waals surface area contributed by atoms with Crippen LogP contribution in [0.25, 0.3) is 0 Å². The van der Waals surface area contributed by atoms with Crippen molar-refractivity contribution in [2.75, 3.05) is 26.3 Å². The Morgan fingerprint density at radius 1 is 1.60 bits per heavy atom. The molecule has 2 heterocycles. The molecule has 8 nitrogen and oxygen atoms in total. The molecule has 1 fully saturated rings. The first-order chi connectivity index (χ1) is 9.58. The predicted molar refractivity (Wildman–Crippen MR) is 69.3 cm³/mol. The summed E-state index contributed by atoms with van der Waals surface area (Å²) in [6, 6.07) is -1.29. The highest BCUT2D eigenvalue weighted by molar-refractivity contribution is 5.83. The van der Waals surface area contributed by atoms with Gasteiger partial charge in [0.2, 0.25) is 0 Å². The summed E-state index contributed by atoms with van der Waals surface area (Å²) in [6.07, 6.45) is 4.27. The zero-order valence-electron chi connectivity index (χ0n) is 11.3. The maximum atomic E-state index is 12.0. The second kappa shape index (κ2) is 6.38. The van der Waals surface area contributed by atoms with Crippen LogP contribution in [0, 0.1) is 0 Å². The molecule has 8 heteroatoms. The maximum absolute atomic E-state index is 12.0. The molecule has 1 atom stereocenters. The van der Waals surface area contributed by atoms with Gasteiger partial charge in [0.05, 0.1) is 19.4 Å². The molecule has 2 N–H and O–H groups in total. The van der Waals surface area contributed by atoms with Crippen LogP contribution in [0.4, 0.5) is 4.79 Å². The Morgan fingerprint density at radius 2 is 2.40 bits per heavy atom. The van der Waals surface area contributed by atoms with Crippen LogP contribution in [0.3, 0.4) is 0 Å². The minimum Gasteiger partial charge on any atom is -0.480 e. The van der Waals surface area contributed by atoms with Crippen molar-refractivity contribution in [3.05, 3.63) is 18.0 Å². The molecule has 0 spiro atoms. The van der Waals surface area contributed by atoms with Gasteiger partial charge in [-0.3, -0.25) is 4.68 Å². The molecule has 0 aliphatic carbocycles. The fourth-order valence-corrected chi connectivity index (χ4v) is 2.07. The molecule has 2 rings (SSSR count). The summed E-state index contributed by atoms with van der Waals surface area (Å²) >= 11 is 0. The van der Waals surface area contributed by atoms with Crippen molar-refractivity contribution in [2.24, 2.45) is 7.05 Å². The minimum absolute atomic E-state index is 0.0331. The van der Waals surface area contributed by atoms with Crippen LogP contribution in [0.15, 0.2) is 12.4 Å². The zero-order valence-corrected chi connectivity index (χ0v) is 11.3. The molecule has 2 amide bonds. The van der Waals surface area contributed by atoms with E-state index >= 15 is 0 Å². The van der Waals surface area contributed by atoms with E-state index in [0.29, 0.717) is 19.6 Å². The van der Waals surface area contributed by atoms with Crippen LogP contribution in [0.2, 0.25) is 0 Å². The van der Waals surface area contributed by atoms with Crippen LogP contribution in [0.5, 0.6) is 0 Å². The Kier molecular flexibility index (Phi) is 4.57. The lowest BCUT2D eigenvalue weighted by Crippen LogP contribution is -2.55. The molecule has 0 aromatic carbocycles. The lowest BCUT2D eigenvalue weighted by molar-refractivity contribution is -0.147. The van der Waals surface area contributed by atoms with E-state index in [1.165, 1.54) is 4.90 Å². The highest BCUT2D eigenvalue weighted by Gasteiger charge is 2.32. The van der Waals surface area contributed by atoms with E-state index in [9.17, 15) is 9.59 Å². The van der Waals surface area contributed by atoms with Crippen LogP contribution in [0.1, 0.15) is 5.56 Å². The number of aliphatic carboxylic acids is 1. The standard InChI is InChI=1S/C12H18N4O4/c1-15-7-9(6-14-15)2-3-13-12(19)16-4-5-20-8-10(16)11(17)18/h6-7,10H,2-5,8H2,1H3,(H,13,19)(H,17,18). The molecule has 1 saturated heterocycles. The number of carboxylic acid groups (broad SMARTS) is 1. The smallest absolute Gasteiger partial charge is 0.328 e. The van der Waals surface area contributed by atoms with Crippen molar-refractivity contribution in [1.29, 1.82) is 0 Å². The number of ether oxygens (including phenoxy) is 1. The van der Waals surface area contributed by atoms with Crippen molar-refractivity contribution in [1.82, 2.24) is 20.0 Å².